The molecule has 0 heterocycles. The van der Waals surface area contributed by atoms with Crippen molar-refractivity contribution in [1.29, 1.82) is 0 Å². The van der Waals surface area contributed by atoms with Crippen molar-refractivity contribution in [2.75, 3.05) is 6.16 Å². The van der Waals surface area contributed by atoms with E-state index in [0.29, 0.717) is 0 Å². The second-order valence-corrected chi connectivity index (χ2v) is 16.7. The number of carbonyl (C=O) groups excluding carboxylic acids is 1. The topological polar surface area (TPSA) is 17.1 Å². The smallest absolute Gasteiger partial charge is 0.150 e. The maximum Gasteiger partial charge on any atom is 0.150 e. The molecule has 0 radical (unpaired) electrons. The highest BCUT2D eigenvalue weighted by molar-refractivity contribution is 7.65. The monoisotopic (exact) mass is 462 g/mol. The molecule has 0 aromatic rings. The largest absolute Gasteiger partial charge is 0.298 e. The van der Waals surface area contributed by atoms with Gasteiger partial charge in [0.1, 0.15) is 6.29 Å². The van der Waals surface area contributed by atoms with Crippen molar-refractivity contribution in [3.05, 3.63) is 11.4 Å². The van der Waals surface area contributed by atoms with Crippen molar-refractivity contribution in [2.24, 2.45) is 0 Å². The minimum Gasteiger partial charge on any atom is -0.298 e. The van der Waals surface area contributed by atoms with Gasteiger partial charge in [-0.25, -0.2) is 0 Å². The summed E-state index contributed by atoms with van der Waals surface area (Å²) in [5.41, 5.74) is 3.73. The Bertz CT molecular complexity index is 513. The number of hydrogen-bond acceptors (Lipinski definition) is 1. The van der Waals surface area contributed by atoms with Crippen LogP contribution in [0.3, 0.4) is 0 Å². The van der Waals surface area contributed by atoms with Gasteiger partial charge in [0, 0.05) is 5.31 Å². The summed E-state index contributed by atoms with van der Waals surface area (Å²) in [5, 5.41) is 1.33. The Morgan fingerprint density at radius 1 is 0.548 bits per heavy atom. The Labute approximate surface area is 195 Å². The van der Waals surface area contributed by atoms with Crippen LogP contribution < -0.4 is 0 Å². The summed E-state index contributed by atoms with van der Waals surface area (Å²) < 4.78 is 0. The first kappa shape index (κ1) is 24.4. The molecule has 3 heteroatoms. The van der Waals surface area contributed by atoms with Crippen LogP contribution in [0.15, 0.2) is 11.4 Å². The van der Waals surface area contributed by atoms with Crippen LogP contribution in [0.5, 0.6) is 0 Å². The maximum atomic E-state index is 12.6. The van der Waals surface area contributed by atoms with E-state index in [1.165, 1.54) is 146 Å². The molecule has 0 aromatic carbocycles. The molecule has 0 aliphatic heterocycles. The van der Waals surface area contributed by atoms with E-state index in [1.54, 1.807) is 0 Å². The van der Waals surface area contributed by atoms with Gasteiger partial charge in [-0.05, 0) is 80.2 Å². The standard InChI is InChI=1S/C28H48OP2/c29-23-28(31(26-17-9-3-10-18-26)27-19-11-4-12-20-27)21-22-30(24-13-5-1-6-14-24)25-15-7-2-8-16-25/h21,23-27H,1-20,22H2/b28-21-. The van der Waals surface area contributed by atoms with Crippen LogP contribution in [-0.4, -0.2) is 35.1 Å². The summed E-state index contributed by atoms with van der Waals surface area (Å²) in [7, 11) is -0.142. The summed E-state index contributed by atoms with van der Waals surface area (Å²) >= 11 is 0. The highest BCUT2D eigenvalue weighted by Crippen LogP contribution is 2.62. The van der Waals surface area contributed by atoms with Gasteiger partial charge in [-0.1, -0.05) is 99.0 Å². The Balaban J connectivity index is 1.52. The second-order valence-electron chi connectivity index (χ2n) is 11.0. The van der Waals surface area contributed by atoms with Crippen LogP contribution in [-0.2, 0) is 4.79 Å². The predicted molar refractivity (Wildman–Crippen MR) is 140 cm³/mol. The highest BCUT2D eigenvalue weighted by Gasteiger charge is 2.35. The van der Waals surface area contributed by atoms with Gasteiger partial charge in [0.05, 0.1) is 0 Å². The molecule has 0 saturated heterocycles. The lowest BCUT2D eigenvalue weighted by atomic mass is 9.99. The summed E-state index contributed by atoms with van der Waals surface area (Å²) in [6.07, 6.45) is 34.2. The summed E-state index contributed by atoms with van der Waals surface area (Å²) in [6.45, 7) is 0. The fraction of sp³-hybridized carbons (Fsp3) is 0.893. The second kappa shape index (κ2) is 13.2. The first-order valence-electron chi connectivity index (χ1n) is 14.1. The molecule has 4 aliphatic rings. The van der Waals surface area contributed by atoms with E-state index in [0.717, 1.165) is 22.6 Å². The zero-order chi connectivity index (χ0) is 21.3. The molecule has 4 saturated carbocycles. The van der Waals surface area contributed by atoms with E-state index in [-0.39, 0.29) is 15.8 Å². The third-order valence-corrected chi connectivity index (χ3v) is 16.0. The molecule has 4 rings (SSSR count). The number of hydrogen-bond donors (Lipinski definition) is 0. The molecule has 0 amide bonds. The fourth-order valence-electron chi connectivity index (χ4n) is 7.27. The third-order valence-electron chi connectivity index (χ3n) is 8.95. The van der Waals surface area contributed by atoms with E-state index in [1.807, 2.05) is 0 Å². The summed E-state index contributed by atoms with van der Waals surface area (Å²) in [4.78, 5) is 12.6. The first-order valence-corrected chi connectivity index (χ1v) is 17.2. The highest BCUT2D eigenvalue weighted by atomic mass is 31.1. The average molecular weight is 463 g/mol. The first-order chi connectivity index (χ1) is 15.4. The van der Waals surface area contributed by atoms with Gasteiger partial charge in [0.2, 0.25) is 0 Å². The zero-order valence-corrected chi connectivity index (χ0v) is 21.9. The Morgan fingerprint density at radius 2 is 0.903 bits per heavy atom. The van der Waals surface area contributed by atoms with Gasteiger partial charge in [0.15, 0.2) is 0 Å². The molecule has 0 spiro atoms. The third kappa shape index (κ3) is 6.89. The molecule has 176 valence electrons. The normalized spacial score (nSPS) is 26.6. The lowest BCUT2D eigenvalue weighted by Crippen LogP contribution is -2.23. The number of carbonyl (C=O) groups is 1. The molecule has 0 unspecified atom stereocenters. The lowest BCUT2D eigenvalue weighted by molar-refractivity contribution is -0.104. The molecule has 31 heavy (non-hydrogen) atoms. The summed E-state index contributed by atoms with van der Waals surface area (Å²) in [6, 6.07) is 0. The van der Waals surface area contributed by atoms with Gasteiger partial charge >= 0.3 is 0 Å². The van der Waals surface area contributed by atoms with E-state index >= 15 is 0 Å². The van der Waals surface area contributed by atoms with Crippen molar-refractivity contribution in [3.8, 4) is 0 Å². The molecular formula is C28H48OP2. The Hall–Kier alpha value is 0.270. The molecule has 0 N–H and O–H groups in total. The predicted octanol–water partition coefficient (Wildman–Crippen LogP) is 9.36. The van der Waals surface area contributed by atoms with Crippen LogP contribution in [0.25, 0.3) is 0 Å². The van der Waals surface area contributed by atoms with Crippen molar-refractivity contribution < 1.29 is 4.79 Å². The molecule has 0 atom stereocenters. The molecule has 0 bridgehead atoms. The molecular weight excluding hydrogens is 414 g/mol. The molecule has 1 nitrogen and oxygen atoms in total. The van der Waals surface area contributed by atoms with Gasteiger partial charge in [-0.2, -0.15) is 0 Å². The van der Waals surface area contributed by atoms with Gasteiger partial charge < -0.3 is 0 Å². The van der Waals surface area contributed by atoms with Crippen molar-refractivity contribution in [1.82, 2.24) is 0 Å². The van der Waals surface area contributed by atoms with Crippen molar-refractivity contribution in [2.45, 2.75) is 151 Å². The van der Waals surface area contributed by atoms with Crippen LogP contribution in [0.1, 0.15) is 128 Å². The van der Waals surface area contributed by atoms with Crippen molar-refractivity contribution >= 4 is 22.1 Å². The maximum absolute atomic E-state index is 12.6. The average Bonchev–Trinajstić information content (AvgIpc) is 2.86. The Kier molecular flexibility index (Phi) is 10.4. The summed E-state index contributed by atoms with van der Waals surface area (Å²) in [5.74, 6) is 0. The number of aldehydes is 1. The minimum absolute atomic E-state index is 0.0802. The Morgan fingerprint density at radius 3 is 1.26 bits per heavy atom. The molecule has 4 fully saturated rings. The SMILES string of the molecule is O=C/C(=C/CP(C1CCCCC1)C1CCCCC1)P(C1CCCCC1)C1CCCCC1. The van der Waals surface area contributed by atoms with E-state index in [9.17, 15) is 4.79 Å². The zero-order valence-electron chi connectivity index (χ0n) is 20.1. The van der Waals surface area contributed by atoms with Crippen LogP contribution in [0.2, 0.25) is 0 Å². The number of rotatable bonds is 8. The van der Waals surface area contributed by atoms with Crippen LogP contribution in [0.4, 0.5) is 0 Å². The van der Waals surface area contributed by atoms with Gasteiger partial charge in [-0.3, -0.25) is 4.79 Å². The van der Waals surface area contributed by atoms with E-state index in [2.05, 4.69) is 6.08 Å². The lowest BCUT2D eigenvalue weighted by Gasteiger charge is -2.40. The molecule has 4 aliphatic carbocycles. The van der Waals surface area contributed by atoms with Gasteiger partial charge in [-0.15, -0.1) is 0 Å². The number of allylic oxidation sites excluding steroid dienone is 2. The van der Waals surface area contributed by atoms with Gasteiger partial charge in [0.25, 0.3) is 0 Å². The quantitative estimate of drug-likeness (QED) is 0.199. The van der Waals surface area contributed by atoms with Crippen molar-refractivity contribution in [3.63, 3.8) is 0 Å². The minimum atomic E-state index is -0.223. The van der Waals surface area contributed by atoms with Crippen LogP contribution >= 0.6 is 15.8 Å². The van der Waals surface area contributed by atoms with Crippen LogP contribution in [0, 0.1) is 0 Å². The fourth-order valence-corrected chi connectivity index (χ4v) is 14.8. The van der Waals surface area contributed by atoms with E-state index < -0.39 is 0 Å². The molecule has 0 aromatic heterocycles. The van der Waals surface area contributed by atoms with E-state index in [4.69, 9.17) is 0 Å².